The quantitative estimate of drug-likeness (QED) is 0.858. The fourth-order valence-electron chi connectivity index (χ4n) is 1.74. The van der Waals surface area contributed by atoms with Gasteiger partial charge >= 0.3 is 0 Å². The Balaban J connectivity index is 1.82. The lowest BCUT2D eigenvalue weighted by Gasteiger charge is -2.06. The third-order valence-electron chi connectivity index (χ3n) is 2.63. The number of aromatic nitrogens is 1. The van der Waals surface area contributed by atoms with Gasteiger partial charge in [0.15, 0.2) is 17.2 Å². The van der Waals surface area contributed by atoms with E-state index < -0.39 is 5.91 Å². The molecule has 2 heterocycles. The topological polar surface area (TPSA) is 80.7 Å². The second-order valence-electron chi connectivity index (χ2n) is 3.89. The zero-order chi connectivity index (χ0) is 13.2. The molecule has 19 heavy (non-hydrogen) atoms. The third-order valence-corrected chi connectivity index (χ3v) is 2.63. The first kappa shape index (κ1) is 11.3. The lowest BCUT2D eigenvalue weighted by Crippen LogP contribution is -2.13. The van der Waals surface area contributed by atoms with E-state index in [1.165, 1.54) is 12.3 Å². The van der Waals surface area contributed by atoms with Crippen LogP contribution in [0.5, 0.6) is 17.2 Å². The SMILES string of the molecule is O=C(Nc1ccc2c(c1)OCO2)c1ncccc1O. The molecule has 0 saturated heterocycles. The molecule has 1 aromatic heterocycles. The second-order valence-corrected chi connectivity index (χ2v) is 3.89. The summed E-state index contributed by atoms with van der Waals surface area (Å²) >= 11 is 0. The van der Waals surface area contributed by atoms with Crippen LogP contribution in [-0.2, 0) is 0 Å². The molecule has 3 rings (SSSR count). The number of rotatable bonds is 2. The van der Waals surface area contributed by atoms with Crippen LogP contribution < -0.4 is 14.8 Å². The monoisotopic (exact) mass is 258 g/mol. The lowest BCUT2D eigenvalue weighted by atomic mass is 10.2. The van der Waals surface area contributed by atoms with Gasteiger partial charge in [0.05, 0.1) is 0 Å². The van der Waals surface area contributed by atoms with E-state index in [0.29, 0.717) is 17.2 Å². The minimum Gasteiger partial charge on any atom is -0.505 e. The first-order valence-electron chi connectivity index (χ1n) is 5.59. The maximum Gasteiger partial charge on any atom is 0.278 e. The van der Waals surface area contributed by atoms with E-state index in [-0.39, 0.29) is 18.2 Å². The van der Waals surface area contributed by atoms with Crippen LogP contribution in [0.3, 0.4) is 0 Å². The molecule has 2 aromatic rings. The number of nitrogens with zero attached hydrogens (tertiary/aromatic N) is 1. The number of amides is 1. The van der Waals surface area contributed by atoms with E-state index in [1.54, 1.807) is 24.3 Å². The van der Waals surface area contributed by atoms with E-state index >= 15 is 0 Å². The summed E-state index contributed by atoms with van der Waals surface area (Å²) in [6.07, 6.45) is 1.44. The average Bonchev–Trinajstić information content (AvgIpc) is 2.86. The molecule has 0 saturated carbocycles. The van der Waals surface area contributed by atoms with E-state index in [2.05, 4.69) is 10.3 Å². The zero-order valence-electron chi connectivity index (χ0n) is 9.79. The number of benzene rings is 1. The largest absolute Gasteiger partial charge is 0.505 e. The molecular formula is C13H10N2O4. The molecule has 0 unspecified atom stereocenters. The van der Waals surface area contributed by atoms with Gasteiger partial charge in [0.1, 0.15) is 5.75 Å². The van der Waals surface area contributed by atoms with Gasteiger partial charge < -0.3 is 19.9 Å². The van der Waals surface area contributed by atoms with Crippen LogP contribution in [0.2, 0.25) is 0 Å². The molecule has 2 N–H and O–H groups in total. The summed E-state index contributed by atoms with van der Waals surface area (Å²) in [6.45, 7) is 0.174. The summed E-state index contributed by atoms with van der Waals surface area (Å²) in [5, 5.41) is 12.2. The molecule has 0 radical (unpaired) electrons. The first-order chi connectivity index (χ1) is 9.24. The minimum absolute atomic E-state index is 0.0276. The van der Waals surface area contributed by atoms with Crippen LogP contribution >= 0.6 is 0 Å². The Bertz CT molecular complexity index is 642. The van der Waals surface area contributed by atoms with Crippen molar-refractivity contribution in [2.75, 3.05) is 12.1 Å². The van der Waals surface area contributed by atoms with E-state index in [9.17, 15) is 9.90 Å². The number of ether oxygens (including phenoxy) is 2. The van der Waals surface area contributed by atoms with Gasteiger partial charge in [-0.25, -0.2) is 4.98 Å². The molecule has 1 aliphatic heterocycles. The Hall–Kier alpha value is -2.76. The third kappa shape index (κ3) is 2.15. The van der Waals surface area contributed by atoms with Crippen LogP contribution in [-0.4, -0.2) is 22.8 Å². The molecule has 0 aliphatic carbocycles. The van der Waals surface area contributed by atoms with Crippen molar-refractivity contribution in [3.63, 3.8) is 0 Å². The highest BCUT2D eigenvalue weighted by Gasteiger charge is 2.16. The predicted octanol–water partition coefficient (Wildman–Crippen LogP) is 1.77. The number of carbonyl (C=O) groups excluding carboxylic acids is 1. The summed E-state index contributed by atoms with van der Waals surface area (Å²) in [7, 11) is 0. The highest BCUT2D eigenvalue weighted by Crippen LogP contribution is 2.34. The van der Waals surface area contributed by atoms with Crippen LogP contribution in [0.1, 0.15) is 10.5 Å². The Morgan fingerprint density at radius 2 is 2.11 bits per heavy atom. The van der Waals surface area contributed by atoms with Gasteiger partial charge in [0.25, 0.3) is 5.91 Å². The highest BCUT2D eigenvalue weighted by atomic mass is 16.7. The molecule has 6 nitrogen and oxygen atoms in total. The van der Waals surface area contributed by atoms with Gasteiger partial charge in [-0.1, -0.05) is 0 Å². The van der Waals surface area contributed by atoms with Crippen LogP contribution in [0, 0.1) is 0 Å². The van der Waals surface area contributed by atoms with Crippen LogP contribution in [0.4, 0.5) is 5.69 Å². The van der Waals surface area contributed by atoms with Gasteiger partial charge in [-0.3, -0.25) is 4.79 Å². The van der Waals surface area contributed by atoms with Crippen molar-refractivity contribution in [3.8, 4) is 17.2 Å². The number of nitrogens with one attached hydrogen (secondary N) is 1. The van der Waals surface area contributed by atoms with Gasteiger partial charge in [-0.05, 0) is 24.3 Å². The predicted molar refractivity (Wildman–Crippen MR) is 66.4 cm³/mol. The van der Waals surface area contributed by atoms with Crippen molar-refractivity contribution >= 4 is 11.6 Å². The number of pyridine rings is 1. The van der Waals surface area contributed by atoms with Crippen molar-refractivity contribution in [3.05, 3.63) is 42.2 Å². The number of hydrogen-bond donors (Lipinski definition) is 2. The van der Waals surface area contributed by atoms with Crippen molar-refractivity contribution < 1.29 is 19.4 Å². The number of carbonyl (C=O) groups is 1. The Labute approximate surface area is 108 Å². The van der Waals surface area contributed by atoms with Crippen molar-refractivity contribution in [1.82, 2.24) is 4.98 Å². The van der Waals surface area contributed by atoms with E-state index in [0.717, 1.165) is 0 Å². The number of anilines is 1. The molecule has 6 heteroatoms. The molecule has 1 amide bonds. The fraction of sp³-hybridized carbons (Fsp3) is 0.0769. The van der Waals surface area contributed by atoms with Crippen molar-refractivity contribution in [2.24, 2.45) is 0 Å². The summed E-state index contributed by atoms with van der Waals surface area (Å²) in [5.41, 5.74) is 0.513. The number of hydrogen-bond acceptors (Lipinski definition) is 5. The van der Waals surface area contributed by atoms with Crippen molar-refractivity contribution in [1.29, 1.82) is 0 Å². The lowest BCUT2D eigenvalue weighted by molar-refractivity contribution is 0.101. The Morgan fingerprint density at radius 3 is 2.95 bits per heavy atom. The first-order valence-corrected chi connectivity index (χ1v) is 5.59. The maximum absolute atomic E-state index is 11.9. The van der Waals surface area contributed by atoms with Crippen molar-refractivity contribution in [2.45, 2.75) is 0 Å². The Morgan fingerprint density at radius 1 is 1.26 bits per heavy atom. The molecule has 96 valence electrons. The molecule has 0 spiro atoms. The van der Waals surface area contributed by atoms with Gasteiger partial charge in [0.2, 0.25) is 6.79 Å². The minimum atomic E-state index is -0.489. The summed E-state index contributed by atoms with van der Waals surface area (Å²) in [6, 6.07) is 8.00. The molecule has 0 atom stereocenters. The van der Waals surface area contributed by atoms with Gasteiger partial charge in [-0.15, -0.1) is 0 Å². The number of fused-ring (bicyclic) bond motifs is 1. The summed E-state index contributed by atoms with van der Waals surface area (Å²) in [5.74, 6) is 0.555. The van der Waals surface area contributed by atoms with Crippen LogP contribution in [0.25, 0.3) is 0 Å². The molecular weight excluding hydrogens is 248 g/mol. The average molecular weight is 258 g/mol. The number of aromatic hydroxyl groups is 1. The van der Waals surface area contributed by atoms with Gasteiger partial charge in [-0.2, -0.15) is 0 Å². The molecule has 1 aliphatic rings. The standard InChI is InChI=1S/C13H10N2O4/c16-9-2-1-5-14-12(9)13(17)15-8-3-4-10-11(6-8)19-7-18-10/h1-6,16H,7H2,(H,15,17). The molecule has 0 fully saturated rings. The van der Waals surface area contributed by atoms with Crippen LogP contribution in [0.15, 0.2) is 36.5 Å². The Kier molecular flexibility index (Phi) is 2.68. The fourth-order valence-corrected chi connectivity index (χ4v) is 1.74. The summed E-state index contributed by atoms with van der Waals surface area (Å²) in [4.78, 5) is 15.8. The van der Waals surface area contributed by atoms with E-state index in [4.69, 9.17) is 9.47 Å². The van der Waals surface area contributed by atoms with E-state index in [1.807, 2.05) is 0 Å². The maximum atomic E-state index is 11.9. The zero-order valence-corrected chi connectivity index (χ0v) is 9.79. The second kappa shape index (κ2) is 4.49. The highest BCUT2D eigenvalue weighted by molar-refractivity contribution is 6.04. The normalized spacial score (nSPS) is 12.2. The molecule has 1 aromatic carbocycles. The van der Waals surface area contributed by atoms with Gasteiger partial charge in [0, 0.05) is 18.0 Å². The smallest absolute Gasteiger partial charge is 0.278 e. The summed E-state index contributed by atoms with van der Waals surface area (Å²) < 4.78 is 10.4. The molecule has 0 bridgehead atoms.